The summed E-state index contributed by atoms with van der Waals surface area (Å²) in [6.07, 6.45) is 2.17. The van der Waals surface area contributed by atoms with Crippen LogP contribution in [0.3, 0.4) is 0 Å². The van der Waals surface area contributed by atoms with Crippen LogP contribution in [0.1, 0.15) is 41.5 Å². The van der Waals surface area contributed by atoms with Crippen molar-refractivity contribution in [2.24, 2.45) is 5.73 Å². The maximum absolute atomic E-state index is 12.3. The van der Waals surface area contributed by atoms with E-state index in [1.807, 2.05) is 48.5 Å². The standard InChI is InChI=1S/2C16H12N2O2.C5H11NO2.CH2Cl2.H3N/c2*19-15-12-8-4-5-9-14(12)17-10-13(15)16(20)18-11-6-2-1-3-7-11;1-5(2,3)8-4(6)7;2-1-3;/h2*1-10H,(H,17,19)(H,18,20);1-3H3,(H2,6,7);1H2;1H3. The second-order valence-electron chi connectivity index (χ2n) is 11.4. The van der Waals surface area contributed by atoms with E-state index in [0.29, 0.717) is 33.2 Å². The molecule has 52 heavy (non-hydrogen) atoms. The number of carbonyl (C=O) groups excluding carboxylic acids is 3. The predicted octanol–water partition coefficient (Wildman–Crippen LogP) is 8.02. The average molecular weight is 748 g/mol. The van der Waals surface area contributed by atoms with Crippen LogP contribution in [0.25, 0.3) is 21.8 Å². The third-order valence-electron chi connectivity index (χ3n) is 6.54. The molecule has 0 bridgehead atoms. The molecule has 14 heteroatoms. The quantitative estimate of drug-likeness (QED) is 0.0977. The van der Waals surface area contributed by atoms with Gasteiger partial charge in [0.1, 0.15) is 16.7 Å². The first-order valence-corrected chi connectivity index (χ1v) is 16.5. The number of halogens is 2. The van der Waals surface area contributed by atoms with E-state index >= 15 is 0 Å². The molecule has 6 aromatic rings. The highest BCUT2D eigenvalue weighted by Crippen LogP contribution is 2.12. The van der Waals surface area contributed by atoms with Gasteiger partial charge in [-0.1, -0.05) is 60.7 Å². The summed E-state index contributed by atoms with van der Waals surface area (Å²) >= 11 is 9.53. The van der Waals surface area contributed by atoms with E-state index in [1.54, 1.807) is 81.4 Å². The minimum atomic E-state index is -0.725. The van der Waals surface area contributed by atoms with Crippen molar-refractivity contribution >= 4 is 74.3 Å². The zero-order chi connectivity index (χ0) is 37.4. The maximum Gasteiger partial charge on any atom is 0.405 e. The van der Waals surface area contributed by atoms with E-state index in [2.05, 4.69) is 25.3 Å². The van der Waals surface area contributed by atoms with Crippen LogP contribution >= 0.6 is 23.2 Å². The number of primary amides is 1. The molecular formula is C38H40Cl2N6O6. The Morgan fingerprint density at radius 1 is 0.635 bits per heavy atom. The van der Waals surface area contributed by atoms with Crippen LogP contribution in [0.4, 0.5) is 16.2 Å². The van der Waals surface area contributed by atoms with Gasteiger partial charge in [0.15, 0.2) is 0 Å². The molecule has 4 aromatic carbocycles. The van der Waals surface area contributed by atoms with Crippen LogP contribution < -0.4 is 33.4 Å². The Bertz CT molecular complexity index is 2040. The van der Waals surface area contributed by atoms with Crippen molar-refractivity contribution in [3.8, 4) is 0 Å². The van der Waals surface area contributed by atoms with Crippen molar-refractivity contribution in [2.45, 2.75) is 26.4 Å². The number of nitrogens with two attached hydrogens (primary N) is 1. The zero-order valence-electron chi connectivity index (χ0n) is 28.7. The summed E-state index contributed by atoms with van der Waals surface area (Å²) in [5, 5.41) is 6.62. The molecule has 272 valence electrons. The minimum absolute atomic E-state index is 0. The van der Waals surface area contributed by atoms with Crippen LogP contribution in [0.5, 0.6) is 0 Å². The summed E-state index contributed by atoms with van der Waals surface area (Å²) in [6.45, 7) is 5.28. The number of amides is 3. The highest BCUT2D eigenvalue weighted by atomic mass is 35.5. The normalized spacial score (nSPS) is 10.0. The second kappa shape index (κ2) is 20.7. The Balaban J connectivity index is 0.000000278. The van der Waals surface area contributed by atoms with E-state index in [4.69, 9.17) is 28.9 Å². The van der Waals surface area contributed by atoms with Gasteiger partial charge in [0.2, 0.25) is 10.9 Å². The van der Waals surface area contributed by atoms with Gasteiger partial charge in [0.05, 0.1) is 5.34 Å². The number of alkyl halides is 2. The number of aromatic amines is 2. The number of aromatic nitrogens is 2. The molecule has 6 rings (SSSR count). The van der Waals surface area contributed by atoms with Crippen molar-refractivity contribution < 1.29 is 19.1 Å². The maximum atomic E-state index is 12.3. The number of nitrogens with one attached hydrogen (secondary N) is 4. The molecular weight excluding hydrogens is 707 g/mol. The van der Waals surface area contributed by atoms with Crippen molar-refractivity contribution in [1.29, 1.82) is 0 Å². The Kier molecular flexibility index (Phi) is 16.8. The fraction of sp³-hybridized carbons (Fsp3) is 0.132. The van der Waals surface area contributed by atoms with Crippen LogP contribution in [-0.2, 0) is 4.74 Å². The van der Waals surface area contributed by atoms with E-state index in [-0.39, 0.29) is 33.5 Å². The first-order valence-electron chi connectivity index (χ1n) is 15.4. The molecule has 3 amide bonds. The molecule has 0 saturated carbocycles. The van der Waals surface area contributed by atoms with Crippen molar-refractivity contribution in [2.75, 3.05) is 16.0 Å². The van der Waals surface area contributed by atoms with Gasteiger partial charge >= 0.3 is 6.09 Å². The lowest BCUT2D eigenvalue weighted by atomic mass is 10.1. The monoisotopic (exact) mass is 746 g/mol. The lowest BCUT2D eigenvalue weighted by molar-refractivity contribution is 0.0599. The first kappa shape index (κ1) is 42.2. The molecule has 0 radical (unpaired) electrons. The van der Waals surface area contributed by atoms with Gasteiger partial charge in [-0.3, -0.25) is 19.2 Å². The third-order valence-corrected chi connectivity index (χ3v) is 6.54. The number of carbonyl (C=O) groups is 3. The number of fused-ring (bicyclic) bond motifs is 2. The molecule has 0 spiro atoms. The number of para-hydroxylation sites is 4. The molecule has 9 N–H and O–H groups in total. The smallest absolute Gasteiger partial charge is 0.405 e. The Morgan fingerprint density at radius 2 is 0.962 bits per heavy atom. The van der Waals surface area contributed by atoms with E-state index in [9.17, 15) is 24.0 Å². The summed E-state index contributed by atoms with van der Waals surface area (Å²) < 4.78 is 4.58. The Morgan fingerprint density at radius 3 is 1.27 bits per heavy atom. The minimum Gasteiger partial charge on any atom is -0.444 e. The van der Waals surface area contributed by atoms with Gasteiger partial charge < -0.3 is 37.2 Å². The molecule has 2 aromatic heterocycles. The Hall–Kier alpha value is -5.95. The lowest BCUT2D eigenvalue weighted by Crippen LogP contribution is -2.27. The SMILES string of the molecule is CC(C)(C)OC(N)=O.ClCCl.N.O=C(Nc1ccccc1)c1c[nH]c2ccccc2c1=O.O=C(Nc1ccccc1)c1c[nH]c2ccccc2c1=O. The number of hydrogen-bond acceptors (Lipinski definition) is 7. The number of hydrogen-bond donors (Lipinski definition) is 6. The van der Waals surface area contributed by atoms with Crippen molar-refractivity contribution in [3.63, 3.8) is 0 Å². The number of H-pyrrole nitrogens is 2. The van der Waals surface area contributed by atoms with Gasteiger partial charge in [-0.05, 0) is 69.3 Å². The van der Waals surface area contributed by atoms with Gasteiger partial charge in [-0.2, -0.15) is 0 Å². The van der Waals surface area contributed by atoms with E-state index in [1.165, 1.54) is 12.4 Å². The van der Waals surface area contributed by atoms with Crippen molar-refractivity contribution in [3.05, 3.63) is 153 Å². The predicted molar refractivity (Wildman–Crippen MR) is 210 cm³/mol. The average Bonchev–Trinajstić information content (AvgIpc) is 3.09. The van der Waals surface area contributed by atoms with Crippen LogP contribution in [0.15, 0.2) is 131 Å². The zero-order valence-corrected chi connectivity index (χ0v) is 30.3. The Labute approximate surface area is 309 Å². The summed E-state index contributed by atoms with van der Waals surface area (Å²) in [4.78, 5) is 64.8. The molecule has 0 aliphatic carbocycles. The van der Waals surface area contributed by atoms with Crippen LogP contribution in [0.2, 0.25) is 0 Å². The molecule has 0 saturated heterocycles. The molecule has 0 atom stereocenters. The molecule has 0 unspecified atom stereocenters. The van der Waals surface area contributed by atoms with Gasteiger partial charge in [-0.25, -0.2) is 4.79 Å². The van der Waals surface area contributed by atoms with Gasteiger partial charge in [0, 0.05) is 45.6 Å². The fourth-order valence-electron chi connectivity index (χ4n) is 4.41. The summed E-state index contributed by atoms with van der Waals surface area (Å²) in [7, 11) is 0. The van der Waals surface area contributed by atoms with Crippen LogP contribution in [-0.4, -0.2) is 38.8 Å². The summed E-state index contributed by atoms with van der Waals surface area (Å²) in [5.41, 5.74) is 6.68. The van der Waals surface area contributed by atoms with Crippen molar-refractivity contribution in [1.82, 2.24) is 16.1 Å². The van der Waals surface area contributed by atoms with E-state index in [0.717, 1.165) is 0 Å². The second-order valence-corrected chi connectivity index (χ2v) is 12.2. The summed E-state index contributed by atoms with van der Waals surface area (Å²) in [5.74, 6) is -0.827. The molecule has 0 aliphatic rings. The molecule has 0 fully saturated rings. The largest absolute Gasteiger partial charge is 0.444 e. The molecule has 0 aliphatic heterocycles. The van der Waals surface area contributed by atoms with Crippen LogP contribution in [0, 0.1) is 0 Å². The van der Waals surface area contributed by atoms with Gasteiger partial charge in [-0.15, -0.1) is 23.2 Å². The molecule has 2 heterocycles. The lowest BCUT2D eigenvalue weighted by Gasteiger charge is -2.16. The fourth-order valence-corrected chi connectivity index (χ4v) is 4.41. The topological polar surface area (TPSA) is 211 Å². The third kappa shape index (κ3) is 13.1. The number of anilines is 2. The van der Waals surface area contributed by atoms with E-state index < -0.39 is 23.5 Å². The first-order chi connectivity index (χ1) is 24.3. The number of rotatable bonds is 4. The van der Waals surface area contributed by atoms with Gasteiger partial charge in [0.25, 0.3) is 11.8 Å². The highest BCUT2D eigenvalue weighted by Gasteiger charge is 2.14. The molecule has 12 nitrogen and oxygen atoms in total. The highest BCUT2D eigenvalue weighted by molar-refractivity contribution is 6.40. The number of benzene rings is 4. The number of pyridine rings is 2. The number of ether oxygens (including phenoxy) is 1. The summed E-state index contributed by atoms with van der Waals surface area (Å²) in [6, 6.07) is 32.3.